The van der Waals surface area contributed by atoms with E-state index < -0.39 is 0 Å². The van der Waals surface area contributed by atoms with Crippen molar-refractivity contribution < 1.29 is 4.42 Å². The van der Waals surface area contributed by atoms with Crippen molar-refractivity contribution >= 4 is 11.3 Å². The summed E-state index contributed by atoms with van der Waals surface area (Å²) in [7, 11) is 0. The van der Waals surface area contributed by atoms with Gasteiger partial charge < -0.3 is 4.42 Å². The predicted octanol–water partition coefficient (Wildman–Crippen LogP) is 3.28. The highest BCUT2D eigenvalue weighted by Gasteiger charge is 2.28. The molecule has 0 N–H and O–H groups in total. The van der Waals surface area contributed by atoms with Crippen LogP contribution in [0.5, 0.6) is 0 Å². The zero-order valence-corrected chi connectivity index (χ0v) is 7.88. The molecule has 0 atom stereocenters. The molecule has 2 aromatic heterocycles. The van der Waals surface area contributed by atoms with E-state index in [4.69, 9.17) is 4.42 Å². The molecule has 0 aromatic carbocycles. The number of oxazole rings is 1. The lowest BCUT2D eigenvalue weighted by Gasteiger charge is -1.88. The first-order valence-corrected chi connectivity index (χ1v) is 5.36. The molecule has 1 aliphatic rings. The molecule has 13 heavy (non-hydrogen) atoms. The van der Waals surface area contributed by atoms with Crippen LogP contribution in [-0.2, 0) is 0 Å². The van der Waals surface area contributed by atoms with Gasteiger partial charge in [0, 0.05) is 16.9 Å². The molecule has 1 saturated carbocycles. The molecule has 2 aromatic rings. The van der Waals surface area contributed by atoms with Crippen LogP contribution < -0.4 is 0 Å². The monoisotopic (exact) mass is 191 g/mol. The molecular formula is C10H9NOS. The number of rotatable bonds is 2. The highest BCUT2D eigenvalue weighted by atomic mass is 32.1. The first kappa shape index (κ1) is 7.33. The van der Waals surface area contributed by atoms with E-state index in [1.165, 1.54) is 12.8 Å². The minimum Gasteiger partial charge on any atom is -0.440 e. The number of thiophene rings is 1. The van der Waals surface area contributed by atoms with Crippen molar-refractivity contribution in [3.63, 3.8) is 0 Å². The highest BCUT2D eigenvalue weighted by molar-refractivity contribution is 7.08. The summed E-state index contributed by atoms with van der Waals surface area (Å²) in [6, 6.07) is 2.06. The molecular weight excluding hydrogens is 182 g/mol. The van der Waals surface area contributed by atoms with Gasteiger partial charge in [0.2, 0.25) is 0 Å². The van der Waals surface area contributed by atoms with Gasteiger partial charge in [-0.3, -0.25) is 0 Å². The van der Waals surface area contributed by atoms with Gasteiger partial charge >= 0.3 is 0 Å². The summed E-state index contributed by atoms with van der Waals surface area (Å²) in [5.41, 5.74) is 1.14. The minimum absolute atomic E-state index is 0.604. The molecule has 0 saturated heterocycles. The van der Waals surface area contributed by atoms with Crippen molar-refractivity contribution in [2.45, 2.75) is 18.8 Å². The molecule has 2 heterocycles. The molecule has 0 amide bonds. The third kappa shape index (κ3) is 1.29. The molecule has 2 nitrogen and oxygen atoms in total. The molecule has 0 spiro atoms. The van der Waals surface area contributed by atoms with E-state index in [1.807, 2.05) is 6.20 Å². The predicted molar refractivity (Wildman–Crippen MR) is 51.8 cm³/mol. The van der Waals surface area contributed by atoms with Crippen LogP contribution in [0.2, 0.25) is 0 Å². The van der Waals surface area contributed by atoms with Crippen LogP contribution in [0.4, 0.5) is 0 Å². The molecule has 0 aliphatic heterocycles. The molecule has 1 fully saturated rings. The average molecular weight is 191 g/mol. The van der Waals surface area contributed by atoms with Crippen LogP contribution in [-0.4, -0.2) is 4.98 Å². The molecule has 0 unspecified atom stereocenters. The first-order chi connectivity index (χ1) is 6.43. The van der Waals surface area contributed by atoms with E-state index >= 15 is 0 Å². The lowest BCUT2D eigenvalue weighted by molar-refractivity contribution is 0.509. The van der Waals surface area contributed by atoms with Gasteiger partial charge in [0.05, 0.1) is 6.20 Å². The fourth-order valence-corrected chi connectivity index (χ4v) is 1.99. The average Bonchev–Trinajstić information content (AvgIpc) is 2.72. The number of hydrogen-bond donors (Lipinski definition) is 0. The lowest BCUT2D eigenvalue weighted by Crippen LogP contribution is -1.73. The second-order valence-corrected chi connectivity index (χ2v) is 4.13. The summed E-state index contributed by atoms with van der Waals surface area (Å²) in [5.74, 6) is 2.43. The Morgan fingerprint density at radius 3 is 3.08 bits per heavy atom. The third-order valence-corrected chi connectivity index (χ3v) is 2.94. The van der Waals surface area contributed by atoms with Crippen molar-refractivity contribution in [3.8, 4) is 11.3 Å². The summed E-state index contributed by atoms with van der Waals surface area (Å²) in [6.07, 6.45) is 4.31. The fourth-order valence-electron chi connectivity index (χ4n) is 1.34. The van der Waals surface area contributed by atoms with Crippen LogP contribution in [0.25, 0.3) is 11.3 Å². The van der Waals surface area contributed by atoms with Crippen molar-refractivity contribution in [1.29, 1.82) is 0 Å². The zero-order chi connectivity index (χ0) is 8.67. The van der Waals surface area contributed by atoms with Gasteiger partial charge in [-0.15, -0.1) is 0 Å². The summed E-state index contributed by atoms with van der Waals surface area (Å²) < 4.78 is 5.65. The second kappa shape index (κ2) is 2.70. The molecule has 3 rings (SSSR count). The van der Waals surface area contributed by atoms with Crippen LogP contribution in [0.1, 0.15) is 24.7 Å². The van der Waals surface area contributed by atoms with Crippen molar-refractivity contribution in [3.05, 3.63) is 28.9 Å². The quantitative estimate of drug-likeness (QED) is 0.728. The first-order valence-electron chi connectivity index (χ1n) is 4.42. The Labute approximate surface area is 80.2 Å². The van der Waals surface area contributed by atoms with Crippen molar-refractivity contribution in [2.24, 2.45) is 0 Å². The van der Waals surface area contributed by atoms with E-state index in [0.29, 0.717) is 5.92 Å². The van der Waals surface area contributed by atoms with E-state index in [-0.39, 0.29) is 0 Å². The Morgan fingerprint density at radius 1 is 1.46 bits per heavy atom. The van der Waals surface area contributed by atoms with Crippen LogP contribution in [0.3, 0.4) is 0 Å². The summed E-state index contributed by atoms with van der Waals surface area (Å²) in [4.78, 5) is 4.27. The highest BCUT2D eigenvalue weighted by Crippen LogP contribution is 2.40. The van der Waals surface area contributed by atoms with Gasteiger partial charge in [0.15, 0.2) is 11.7 Å². The van der Waals surface area contributed by atoms with Gasteiger partial charge in [-0.1, -0.05) is 0 Å². The minimum atomic E-state index is 0.604. The Balaban J connectivity index is 1.97. The maximum absolute atomic E-state index is 5.65. The van der Waals surface area contributed by atoms with Gasteiger partial charge in [0.25, 0.3) is 0 Å². The topological polar surface area (TPSA) is 26.0 Å². The largest absolute Gasteiger partial charge is 0.440 e. The normalized spacial score (nSPS) is 16.3. The lowest BCUT2D eigenvalue weighted by atomic mass is 10.3. The van der Waals surface area contributed by atoms with Gasteiger partial charge in [-0.25, -0.2) is 4.98 Å². The van der Waals surface area contributed by atoms with Gasteiger partial charge in [-0.2, -0.15) is 11.3 Å². The van der Waals surface area contributed by atoms with Gasteiger partial charge in [0.1, 0.15) is 0 Å². The van der Waals surface area contributed by atoms with Gasteiger partial charge in [-0.05, 0) is 24.3 Å². The maximum Gasteiger partial charge on any atom is 0.198 e. The van der Waals surface area contributed by atoms with Crippen LogP contribution in [0, 0.1) is 0 Å². The second-order valence-electron chi connectivity index (χ2n) is 3.35. The van der Waals surface area contributed by atoms with Crippen LogP contribution >= 0.6 is 11.3 Å². The van der Waals surface area contributed by atoms with Crippen LogP contribution in [0.15, 0.2) is 27.4 Å². The summed E-state index contributed by atoms with van der Waals surface area (Å²) >= 11 is 1.68. The zero-order valence-electron chi connectivity index (χ0n) is 7.06. The summed E-state index contributed by atoms with van der Waals surface area (Å²) in [5, 5.41) is 4.13. The standard InChI is InChI=1S/C10H9NOS/c1-2-7(1)10-11-5-9(12-10)8-3-4-13-6-8/h3-7H,1-2H2. The maximum atomic E-state index is 5.65. The number of hydrogen-bond acceptors (Lipinski definition) is 3. The van der Waals surface area contributed by atoms with E-state index in [1.54, 1.807) is 11.3 Å². The molecule has 1 aliphatic carbocycles. The van der Waals surface area contributed by atoms with E-state index in [9.17, 15) is 0 Å². The van der Waals surface area contributed by atoms with E-state index in [2.05, 4.69) is 21.8 Å². The van der Waals surface area contributed by atoms with E-state index in [0.717, 1.165) is 17.2 Å². The molecule has 3 heteroatoms. The van der Waals surface area contributed by atoms with Crippen molar-refractivity contribution in [2.75, 3.05) is 0 Å². The molecule has 66 valence electrons. The number of nitrogens with zero attached hydrogens (tertiary/aromatic N) is 1. The number of aromatic nitrogens is 1. The summed E-state index contributed by atoms with van der Waals surface area (Å²) in [6.45, 7) is 0. The molecule has 0 bridgehead atoms. The fraction of sp³-hybridized carbons (Fsp3) is 0.300. The SMILES string of the molecule is c1cc(-c2cnc(C3CC3)o2)cs1. The molecule has 0 radical (unpaired) electrons. The Morgan fingerprint density at radius 2 is 2.38 bits per heavy atom. The third-order valence-electron chi connectivity index (χ3n) is 2.26. The Bertz CT molecular complexity index is 400. The smallest absolute Gasteiger partial charge is 0.198 e. The Hall–Kier alpha value is -1.09. The Kier molecular flexibility index (Phi) is 1.52. The van der Waals surface area contributed by atoms with Crippen molar-refractivity contribution in [1.82, 2.24) is 4.98 Å².